The molecule has 9 nitrogen and oxygen atoms in total. The summed E-state index contributed by atoms with van der Waals surface area (Å²) in [7, 11) is 0. The fraction of sp³-hybridized carbons (Fsp3) is 0.294. The molecule has 228 valence electrons. The quantitative estimate of drug-likeness (QED) is 0.0954. The lowest BCUT2D eigenvalue weighted by Crippen LogP contribution is -2.11. The molecule has 0 bridgehead atoms. The van der Waals surface area contributed by atoms with E-state index in [0.29, 0.717) is 52.6 Å². The Kier molecular flexibility index (Phi) is 12.6. The number of ether oxygens (including phenoxy) is 4. The van der Waals surface area contributed by atoms with Crippen molar-refractivity contribution >= 4 is 34.0 Å². The summed E-state index contributed by atoms with van der Waals surface area (Å²) in [5, 5.41) is 21.3. The third kappa shape index (κ3) is 9.85. The number of allylic oxidation sites excluding steroid dienone is 1. The second-order valence-corrected chi connectivity index (χ2v) is 10.6. The van der Waals surface area contributed by atoms with Gasteiger partial charge in [0.2, 0.25) is 5.13 Å². The summed E-state index contributed by atoms with van der Waals surface area (Å²) in [5.74, 6) is 2.39. The Morgan fingerprint density at radius 2 is 1.57 bits per heavy atom. The van der Waals surface area contributed by atoms with E-state index in [1.165, 1.54) is 19.3 Å². The number of aromatic nitrogens is 2. The van der Waals surface area contributed by atoms with Crippen LogP contribution in [0.15, 0.2) is 72.8 Å². The second kappa shape index (κ2) is 17.3. The van der Waals surface area contributed by atoms with Crippen molar-refractivity contribution < 1.29 is 23.7 Å². The first-order chi connectivity index (χ1) is 21.6. The molecular weight excluding hydrogens is 576 g/mol. The maximum Gasteiger partial charge on any atom is 0.257 e. The normalized spacial score (nSPS) is 11.0. The van der Waals surface area contributed by atoms with E-state index in [9.17, 15) is 10.1 Å². The van der Waals surface area contributed by atoms with Gasteiger partial charge in [0.15, 0.2) is 16.5 Å². The van der Waals surface area contributed by atoms with Crippen LogP contribution in [0.2, 0.25) is 0 Å². The van der Waals surface area contributed by atoms with Gasteiger partial charge in [-0.25, -0.2) is 0 Å². The number of hydrogen-bond acceptors (Lipinski definition) is 9. The van der Waals surface area contributed by atoms with Crippen molar-refractivity contribution in [2.75, 3.05) is 31.7 Å². The highest BCUT2D eigenvalue weighted by Crippen LogP contribution is 2.31. The van der Waals surface area contributed by atoms with Gasteiger partial charge in [0, 0.05) is 5.56 Å². The van der Waals surface area contributed by atoms with Gasteiger partial charge in [0.1, 0.15) is 30.8 Å². The highest BCUT2D eigenvalue weighted by molar-refractivity contribution is 7.16. The molecule has 0 spiro atoms. The molecular formula is C34H36N4O5S. The molecule has 0 saturated carbocycles. The summed E-state index contributed by atoms with van der Waals surface area (Å²) in [5.41, 5.74) is 1.54. The van der Waals surface area contributed by atoms with Crippen molar-refractivity contribution in [3.05, 3.63) is 88.9 Å². The van der Waals surface area contributed by atoms with E-state index in [0.717, 1.165) is 41.4 Å². The van der Waals surface area contributed by atoms with Gasteiger partial charge in [-0.05, 0) is 73.5 Å². The number of carbonyl (C=O) groups excluding carboxylic acids is 1. The average molecular weight is 613 g/mol. The topological polar surface area (TPSA) is 116 Å². The number of hydrogen-bond donors (Lipinski definition) is 1. The van der Waals surface area contributed by atoms with Crippen LogP contribution in [0.1, 0.15) is 60.5 Å². The van der Waals surface area contributed by atoms with Crippen molar-refractivity contribution in [1.29, 1.82) is 5.26 Å². The molecule has 44 heavy (non-hydrogen) atoms. The van der Waals surface area contributed by atoms with E-state index in [2.05, 4.69) is 28.5 Å². The summed E-state index contributed by atoms with van der Waals surface area (Å²) in [6.07, 6.45) is 6.38. The third-order valence-electron chi connectivity index (χ3n) is 6.31. The Morgan fingerprint density at radius 1 is 0.841 bits per heavy atom. The van der Waals surface area contributed by atoms with Gasteiger partial charge in [-0.1, -0.05) is 61.8 Å². The maximum atomic E-state index is 12.4. The van der Waals surface area contributed by atoms with Gasteiger partial charge in [0.05, 0.1) is 18.8 Å². The molecule has 0 aliphatic carbocycles. The van der Waals surface area contributed by atoms with E-state index in [1.54, 1.807) is 42.5 Å². The Hall–Kier alpha value is -4.88. The summed E-state index contributed by atoms with van der Waals surface area (Å²) in [6.45, 7) is 5.92. The number of benzene rings is 3. The summed E-state index contributed by atoms with van der Waals surface area (Å²) < 4.78 is 23.4. The molecule has 0 saturated heterocycles. The molecule has 10 heteroatoms. The zero-order valence-corrected chi connectivity index (χ0v) is 25.8. The van der Waals surface area contributed by atoms with Gasteiger partial charge >= 0.3 is 0 Å². The average Bonchev–Trinajstić information content (AvgIpc) is 3.52. The Labute approximate surface area is 262 Å². The van der Waals surface area contributed by atoms with Crippen LogP contribution in [0, 0.1) is 11.3 Å². The van der Waals surface area contributed by atoms with E-state index < -0.39 is 0 Å². The highest BCUT2D eigenvalue weighted by atomic mass is 32.1. The predicted molar refractivity (Wildman–Crippen MR) is 172 cm³/mol. The molecule has 0 aliphatic heterocycles. The number of nitriles is 1. The minimum absolute atomic E-state index is 0.297. The largest absolute Gasteiger partial charge is 0.494 e. The zero-order chi connectivity index (χ0) is 31.0. The van der Waals surface area contributed by atoms with Crippen molar-refractivity contribution in [1.82, 2.24) is 10.2 Å². The number of rotatable bonds is 17. The molecule has 0 atom stereocenters. The molecule has 4 aromatic rings. The molecule has 1 aromatic heterocycles. The summed E-state index contributed by atoms with van der Waals surface area (Å²) >= 11 is 1.12. The van der Waals surface area contributed by atoms with Crippen LogP contribution in [-0.4, -0.2) is 42.5 Å². The fourth-order valence-electron chi connectivity index (χ4n) is 4.11. The minimum Gasteiger partial charge on any atom is -0.494 e. The van der Waals surface area contributed by atoms with Gasteiger partial charge in [0.25, 0.3) is 5.91 Å². The monoisotopic (exact) mass is 612 g/mol. The molecule has 1 amide bonds. The molecule has 1 heterocycles. The molecule has 1 N–H and O–H groups in total. The van der Waals surface area contributed by atoms with Crippen LogP contribution in [-0.2, 0) is 0 Å². The standard InChI is InChI=1S/C34H36N4O5S/c1-3-5-6-10-19-41-28-14-16-29(17-15-28)42-20-21-43-30-18-13-25(23-31(30)40-4-2)22-27(24-35)33-37-38-34(44-33)36-32(39)26-11-8-7-9-12-26/h7-9,11-18,22-23H,3-6,10,19-21H2,1-2H3,(H,36,38,39). The van der Waals surface area contributed by atoms with E-state index in [-0.39, 0.29) is 5.91 Å². The molecule has 0 fully saturated rings. The number of nitrogens with one attached hydrogen (secondary N) is 1. The summed E-state index contributed by atoms with van der Waals surface area (Å²) in [6, 6.07) is 24.0. The Morgan fingerprint density at radius 3 is 2.27 bits per heavy atom. The van der Waals surface area contributed by atoms with E-state index in [4.69, 9.17) is 18.9 Å². The van der Waals surface area contributed by atoms with Crippen molar-refractivity contribution in [3.8, 4) is 29.1 Å². The van der Waals surface area contributed by atoms with Crippen LogP contribution < -0.4 is 24.3 Å². The number of carbonyl (C=O) groups is 1. The predicted octanol–water partition coefficient (Wildman–Crippen LogP) is 7.67. The van der Waals surface area contributed by atoms with Crippen LogP contribution in [0.4, 0.5) is 5.13 Å². The lowest BCUT2D eigenvalue weighted by Gasteiger charge is -2.13. The summed E-state index contributed by atoms with van der Waals surface area (Å²) in [4.78, 5) is 12.4. The maximum absolute atomic E-state index is 12.4. The molecule has 4 rings (SSSR count). The molecule has 0 unspecified atom stereocenters. The van der Waals surface area contributed by atoms with Crippen LogP contribution in [0.25, 0.3) is 11.6 Å². The van der Waals surface area contributed by atoms with E-state index in [1.807, 2.05) is 43.3 Å². The van der Waals surface area contributed by atoms with Gasteiger partial charge < -0.3 is 18.9 Å². The smallest absolute Gasteiger partial charge is 0.257 e. The molecule has 3 aromatic carbocycles. The lowest BCUT2D eigenvalue weighted by molar-refractivity contribution is 0.102. The second-order valence-electron chi connectivity index (χ2n) is 9.62. The van der Waals surface area contributed by atoms with Crippen LogP contribution >= 0.6 is 11.3 Å². The van der Waals surface area contributed by atoms with Crippen LogP contribution in [0.5, 0.6) is 23.0 Å². The van der Waals surface area contributed by atoms with Gasteiger partial charge in [-0.15, -0.1) is 10.2 Å². The first kappa shape index (κ1) is 32.0. The van der Waals surface area contributed by atoms with Crippen LogP contribution in [0.3, 0.4) is 0 Å². The first-order valence-electron chi connectivity index (χ1n) is 14.7. The molecule has 0 radical (unpaired) electrons. The highest BCUT2D eigenvalue weighted by Gasteiger charge is 2.14. The van der Waals surface area contributed by atoms with Gasteiger partial charge in [-0.2, -0.15) is 5.26 Å². The number of nitrogens with zero attached hydrogens (tertiary/aromatic N) is 3. The van der Waals surface area contributed by atoms with Crippen molar-refractivity contribution in [2.45, 2.75) is 39.5 Å². The SMILES string of the molecule is CCCCCCOc1ccc(OCCOc2ccc(C=C(C#N)c3nnc(NC(=O)c4ccccc4)s3)cc2OCC)cc1. The van der Waals surface area contributed by atoms with Crippen molar-refractivity contribution in [2.24, 2.45) is 0 Å². The molecule has 0 aliphatic rings. The number of amides is 1. The minimum atomic E-state index is -0.297. The fourth-order valence-corrected chi connectivity index (χ4v) is 4.82. The number of anilines is 1. The first-order valence-corrected chi connectivity index (χ1v) is 15.5. The zero-order valence-electron chi connectivity index (χ0n) is 25.0. The van der Waals surface area contributed by atoms with Crippen molar-refractivity contribution in [3.63, 3.8) is 0 Å². The number of unbranched alkanes of at least 4 members (excludes halogenated alkanes) is 3. The van der Waals surface area contributed by atoms with E-state index >= 15 is 0 Å². The third-order valence-corrected chi connectivity index (χ3v) is 7.18. The van der Waals surface area contributed by atoms with Gasteiger partial charge in [-0.3, -0.25) is 10.1 Å². The lowest BCUT2D eigenvalue weighted by atomic mass is 10.1. The Balaban J connectivity index is 1.31. The Bertz CT molecular complexity index is 1550.